The zero-order valence-electron chi connectivity index (χ0n) is 7.64. The van der Waals surface area contributed by atoms with Crippen LogP contribution in [0.25, 0.3) is 0 Å². The predicted octanol–water partition coefficient (Wildman–Crippen LogP) is 1.75. The Morgan fingerprint density at radius 1 is 1.38 bits per heavy atom. The van der Waals surface area contributed by atoms with Gasteiger partial charge in [-0.15, -0.1) is 0 Å². The van der Waals surface area contributed by atoms with Gasteiger partial charge in [0.2, 0.25) is 0 Å². The highest BCUT2D eigenvalue weighted by atomic mass is 16.3. The number of aliphatic hydroxyl groups excluding tert-OH is 1. The largest absolute Gasteiger partial charge is 0.378 e. The number of rotatable bonds is 3. The Bertz CT molecular complexity index is 289. The first-order valence-corrected chi connectivity index (χ1v) is 4.35. The van der Waals surface area contributed by atoms with Crippen molar-refractivity contribution < 1.29 is 5.11 Å². The third-order valence-corrected chi connectivity index (χ3v) is 2.07. The third kappa shape index (κ3) is 2.89. The molecule has 0 radical (unpaired) electrons. The van der Waals surface area contributed by atoms with Crippen molar-refractivity contribution in [3.8, 4) is 6.07 Å². The summed E-state index contributed by atoms with van der Waals surface area (Å²) in [6.07, 6.45) is -0.115. The van der Waals surface area contributed by atoms with Crippen LogP contribution in [0.2, 0.25) is 0 Å². The number of hydrogen-bond acceptors (Lipinski definition) is 2. The lowest BCUT2D eigenvalue weighted by molar-refractivity contribution is 0.169. The highest BCUT2D eigenvalue weighted by molar-refractivity contribution is 5.15. The van der Waals surface area contributed by atoms with Crippen molar-refractivity contribution in [2.75, 3.05) is 0 Å². The van der Waals surface area contributed by atoms with Gasteiger partial charge in [0, 0.05) is 0 Å². The maximum absolute atomic E-state index is 9.23. The van der Waals surface area contributed by atoms with Crippen LogP contribution in [0.4, 0.5) is 0 Å². The predicted molar refractivity (Wildman–Crippen MR) is 50.9 cm³/mol. The van der Waals surface area contributed by atoms with E-state index < -0.39 is 6.10 Å². The second-order valence-corrected chi connectivity index (χ2v) is 3.24. The summed E-state index contributed by atoms with van der Waals surface area (Å²) < 4.78 is 0. The summed E-state index contributed by atoms with van der Waals surface area (Å²) in [6.45, 7) is 1.88. The molecule has 0 spiro atoms. The first kappa shape index (κ1) is 9.76. The van der Waals surface area contributed by atoms with E-state index in [0.717, 1.165) is 12.0 Å². The van der Waals surface area contributed by atoms with Crippen LogP contribution in [0.1, 0.15) is 12.5 Å². The number of hydrogen-bond donors (Lipinski definition) is 1. The van der Waals surface area contributed by atoms with Gasteiger partial charge in [0.1, 0.15) is 6.10 Å². The fourth-order valence-corrected chi connectivity index (χ4v) is 1.22. The number of aliphatic hydroxyl groups is 1. The summed E-state index contributed by atoms with van der Waals surface area (Å²) >= 11 is 0. The van der Waals surface area contributed by atoms with E-state index in [1.54, 1.807) is 0 Å². The molecule has 1 N–H and O–H groups in total. The van der Waals surface area contributed by atoms with Gasteiger partial charge in [0.25, 0.3) is 0 Å². The van der Waals surface area contributed by atoms with Gasteiger partial charge in [-0.25, -0.2) is 0 Å². The van der Waals surface area contributed by atoms with Crippen LogP contribution in [0.15, 0.2) is 30.3 Å². The first-order chi connectivity index (χ1) is 6.24. The standard InChI is InChI=1S/C11H13NO/c1-9(11(13)8-12)7-10-5-3-2-4-6-10/h2-6,9,11,13H,7H2,1H3/t9-,11?/m0/s1. The van der Waals surface area contributed by atoms with Crippen molar-refractivity contribution in [3.05, 3.63) is 35.9 Å². The average molecular weight is 175 g/mol. The van der Waals surface area contributed by atoms with Gasteiger partial charge >= 0.3 is 0 Å². The molecule has 2 heteroatoms. The van der Waals surface area contributed by atoms with E-state index in [4.69, 9.17) is 5.26 Å². The van der Waals surface area contributed by atoms with E-state index in [0.29, 0.717) is 0 Å². The molecule has 0 aliphatic heterocycles. The maximum atomic E-state index is 9.23. The van der Waals surface area contributed by atoms with Crippen LogP contribution in [0.3, 0.4) is 0 Å². The second-order valence-electron chi connectivity index (χ2n) is 3.24. The smallest absolute Gasteiger partial charge is 0.143 e. The summed E-state index contributed by atoms with van der Waals surface area (Å²) in [5.41, 5.74) is 1.16. The highest BCUT2D eigenvalue weighted by Crippen LogP contribution is 2.11. The van der Waals surface area contributed by atoms with Crippen LogP contribution in [0, 0.1) is 17.2 Å². The van der Waals surface area contributed by atoms with E-state index in [1.807, 2.05) is 43.3 Å². The second kappa shape index (κ2) is 4.64. The lowest BCUT2D eigenvalue weighted by Crippen LogP contribution is -2.17. The molecule has 1 unspecified atom stereocenters. The summed E-state index contributed by atoms with van der Waals surface area (Å²) in [5.74, 6) is -0.00704. The van der Waals surface area contributed by atoms with Crippen molar-refractivity contribution in [2.24, 2.45) is 5.92 Å². The van der Waals surface area contributed by atoms with Crippen LogP contribution < -0.4 is 0 Å². The van der Waals surface area contributed by atoms with Crippen LogP contribution in [-0.2, 0) is 6.42 Å². The minimum Gasteiger partial charge on any atom is -0.378 e. The molecule has 0 aromatic heterocycles. The Balaban J connectivity index is 2.56. The Labute approximate surface area is 78.4 Å². The molecular weight excluding hydrogens is 162 g/mol. The minimum absolute atomic E-state index is 0.00704. The molecule has 2 nitrogen and oxygen atoms in total. The molecule has 0 heterocycles. The van der Waals surface area contributed by atoms with Crippen molar-refractivity contribution in [2.45, 2.75) is 19.4 Å². The molecule has 0 saturated heterocycles. The van der Waals surface area contributed by atoms with Gasteiger partial charge in [-0.2, -0.15) is 5.26 Å². The third-order valence-electron chi connectivity index (χ3n) is 2.07. The summed E-state index contributed by atoms with van der Waals surface area (Å²) in [7, 11) is 0. The number of benzene rings is 1. The van der Waals surface area contributed by atoms with Gasteiger partial charge in [0.05, 0.1) is 6.07 Å². The maximum Gasteiger partial charge on any atom is 0.143 e. The summed E-state index contributed by atoms with van der Waals surface area (Å²) in [4.78, 5) is 0. The van der Waals surface area contributed by atoms with Gasteiger partial charge in [-0.1, -0.05) is 37.3 Å². The lowest BCUT2D eigenvalue weighted by Gasteiger charge is -2.11. The van der Waals surface area contributed by atoms with Crippen LogP contribution in [0.5, 0.6) is 0 Å². The fourth-order valence-electron chi connectivity index (χ4n) is 1.22. The first-order valence-electron chi connectivity index (χ1n) is 4.35. The Morgan fingerprint density at radius 2 is 2.00 bits per heavy atom. The molecule has 0 fully saturated rings. The molecule has 0 aliphatic carbocycles. The molecular formula is C11H13NO. The Morgan fingerprint density at radius 3 is 2.54 bits per heavy atom. The quantitative estimate of drug-likeness (QED) is 0.711. The Kier molecular flexibility index (Phi) is 3.48. The van der Waals surface area contributed by atoms with E-state index in [-0.39, 0.29) is 5.92 Å². The SMILES string of the molecule is C[C@@H](Cc1ccccc1)C(O)C#N. The molecule has 1 aromatic carbocycles. The van der Waals surface area contributed by atoms with E-state index in [1.165, 1.54) is 0 Å². The molecule has 0 aliphatic rings. The minimum atomic E-state index is -0.861. The van der Waals surface area contributed by atoms with E-state index in [9.17, 15) is 5.11 Å². The number of nitriles is 1. The lowest BCUT2D eigenvalue weighted by atomic mass is 9.97. The van der Waals surface area contributed by atoms with Crippen molar-refractivity contribution in [1.82, 2.24) is 0 Å². The zero-order valence-corrected chi connectivity index (χ0v) is 7.64. The fraction of sp³-hybridized carbons (Fsp3) is 0.364. The monoisotopic (exact) mass is 175 g/mol. The molecule has 1 rings (SSSR count). The molecule has 0 bridgehead atoms. The zero-order chi connectivity index (χ0) is 9.68. The van der Waals surface area contributed by atoms with Gasteiger partial charge in [0.15, 0.2) is 0 Å². The highest BCUT2D eigenvalue weighted by Gasteiger charge is 2.12. The van der Waals surface area contributed by atoms with Crippen LogP contribution in [-0.4, -0.2) is 11.2 Å². The average Bonchev–Trinajstić information content (AvgIpc) is 2.18. The van der Waals surface area contributed by atoms with Gasteiger partial charge in [-0.3, -0.25) is 0 Å². The van der Waals surface area contributed by atoms with E-state index in [2.05, 4.69) is 0 Å². The number of nitrogens with zero attached hydrogens (tertiary/aromatic N) is 1. The van der Waals surface area contributed by atoms with Gasteiger partial charge in [-0.05, 0) is 17.9 Å². The molecule has 1 aromatic rings. The van der Waals surface area contributed by atoms with Crippen molar-refractivity contribution >= 4 is 0 Å². The summed E-state index contributed by atoms with van der Waals surface area (Å²) in [6, 6.07) is 11.7. The van der Waals surface area contributed by atoms with Crippen molar-refractivity contribution in [1.29, 1.82) is 5.26 Å². The molecule has 0 saturated carbocycles. The molecule has 13 heavy (non-hydrogen) atoms. The molecule has 2 atom stereocenters. The Hall–Kier alpha value is -1.33. The molecule has 68 valence electrons. The van der Waals surface area contributed by atoms with E-state index >= 15 is 0 Å². The van der Waals surface area contributed by atoms with Crippen molar-refractivity contribution in [3.63, 3.8) is 0 Å². The van der Waals surface area contributed by atoms with Crippen LogP contribution >= 0.6 is 0 Å². The van der Waals surface area contributed by atoms with Gasteiger partial charge < -0.3 is 5.11 Å². The topological polar surface area (TPSA) is 44.0 Å². The molecule has 0 amide bonds. The normalized spacial score (nSPS) is 14.5. The summed E-state index contributed by atoms with van der Waals surface area (Å²) in [5, 5.41) is 17.7.